The van der Waals surface area contributed by atoms with Crippen molar-refractivity contribution in [1.82, 2.24) is 4.98 Å². The third kappa shape index (κ3) is 3.51. The lowest BCUT2D eigenvalue weighted by Crippen LogP contribution is -2.21. The zero-order chi connectivity index (χ0) is 14.7. The molecule has 0 aliphatic heterocycles. The Labute approximate surface area is 117 Å². The van der Waals surface area contributed by atoms with Gasteiger partial charge in [0, 0.05) is 11.1 Å². The number of nitrogens with one attached hydrogen (secondary N) is 1. The van der Waals surface area contributed by atoms with Crippen molar-refractivity contribution in [3.8, 4) is 0 Å². The molecule has 1 N–H and O–H groups in total. The molecule has 2 rings (SSSR count). The van der Waals surface area contributed by atoms with Crippen molar-refractivity contribution < 1.29 is 13.9 Å². The molecule has 20 heavy (non-hydrogen) atoms. The number of carbonyl (C=O) groups is 1. The number of aromatic nitrogens is 1. The Morgan fingerprint density at radius 1 is 1.40 bits per heavy atom. The summed E-state index contributed by atoms with van der Waals surface area (Å²) in [5.41, 5.74) is 1.94. The van der Waals surface area contributed by atoms with E-state index in [1.54, 1.807) is 12.1 Å². The van der Waals surface area contributed by atoms with Gasteiger partial charge in [-0.05, 0) is 45.0 Å². The standard InChI is InChI=1S/C15H17FN2O2/c1-9(2)20-8-15(19)18-14-6-10(3)17-13-5-4-11(16)7-12(13)14/h4-7,9H,8H2,1-3H3,(H,17,18,19). The highest BCUT2D eigenvalue weighted by molar-refractivity contribution is 6.01. The number of anilines is 1. The van der Waals surface area contributed by atoms with Crippen LogP contribution in [0.5, 0.6) is 0 Å². The maximum absolute atomic E-state index is 13.3. The van der Waals surface area contributed by atoms with E-state index in [1.165, 1.54) is 12.1 Å². The number of halogens is 1. The van der Waals surface area contributed by atoms with Gasteiger partial charge in [-0.15, -0.1) is 0 Å². The molecule has 0 bridgehead atoms. The van der Waals surface area contributed by atoms with Crippen LogP contribution in [0.4, 0.5) is 10.1 Å². The van der Waals surface area contributed by atoms with Gasteiger partial charge in [0.15, 0.2) is 0 Å². The minimum atomic E-state index is -0.364. The molecule has 1 heterocycles. The molecule has 1 aromatic heterocycles. The van der Waals surface area contributed by atoms with Gasteiger partial charge in [-0.2, -0.15) is 0 Å². The highest BCUT2D eigenvalue weighted by Crippen LogP contribution is 2.24. The van der Waals surface area contributed by atoms with Crippen molar-refractivity contribution >= 4 is 22.5 Å². The fourth-order valence-electron chi connectivity index (χ4n) is 1.86. The van der Waals surface area contributed by atoms with Crippen LogP contribution in [0.1, 0.15) is 19.5 Å². The maximum Gasteiger partial charge on any atom is 0.250 e. The second kappa shape index (κ2) is 5.96. The minimum Gasteiger partial charge on any atom is -0.369 e. The van der Waals surface area contributed by atoms with Crippen LogP contribution in [-0.2, 0) is 9.53 Å². The van der Waals surface area contributed by atoms with E-state index in [0.717, 1.165) is 5.69 Å². The average Bonchev–Trinajstić information content (AvgIpc) is 2.37. The normalized spacial score (nSPS) is 11.1. The summed E-state index contributed by atoms with van der Waals surface area (Å²) in [5.74, 6) is -0.632. The van der Waals surface area contributed by atoms with Crippen LogP contribution in [0.2, 0.25) is 0 Å². The monoisotopic (exact) mass is 276 g/mol. The predicted octanol–water partition coefficient (Wildman–Crippen LogP) is 3.05. The number of hydrogen-bond donors (Lipinski definition) is 1. The molecule has 0 fully saturated rings. The lowest BCUT2D eigenvalue weighted by atomic mass is 10.1. The van der Waals surface area contributed by atoms with Crippen molar-refractivity contribution in [1.29, 1.82) is 0 Å². The molecule has 0 unspecified atom stereocenters. The number of amides is 1. The maximum atomic E-state index is 13.3. The molecule has 0 spiro atoms. The summed E-state index contributed by atoms with van der Waals surface area (Å²) in [4.78, 5) is 16.1. The first-order chi connectivity index (χ1) is 9.45. The number of fused-ring (bicyclic) bond motifs is 1. The van der Waals surface area contributed by atoms with E-state index in [1.807, 2.05) is 20.8 Å². The Kier molecular flexibility index (Phi) is 4.29. The minimum absolute atomic E-state index is 0.0193. The Bertz CT molecular complexity index is 641. The van der Waals surface area contributed by atoms with E-state index in [-0.39, 0.29) is 24.4 Å². The zero-order valence-corrected chi connectivity index (χ0v) is 11.7. The van der Waals surface area contributed by atoms with Gasteiger partial charge in [0.1, 0.15) is 12.4 Å². The summed E-state index contributed by atoms with van der Waals surface area (Å²) < 4.78 is 18.6. The largest absolute Gasteiger partial charge is 0.369 e. The Hall–Kier alpha value is -2.01. The summed E-state index contributed by atoms with van der Waals surface area (Å²) >= 11 is 0. The van der Waals surface area contributed by atoms with Crippen LogP contribution < -0.4 is 5.32 Å². The second-order valence-corrected chi connectivity index (χ2v) is 4.88. The molecule has 2 aromatic rings. The first-order valence-electron chi connectivity index (χ1n) is 6.44. The van der Waals surface area contributed by atoms with E-state index in [0.29, 0.717) is 16.6 Å². The summed E-state index contributed by atoms with van der Waals surface area (Å²) in [7, 11) is 0. The van der Waals surface area contributed by atoms with E-state index < -0.39 is 0 Å². The van der Waals surface area contributed by atoms with Gasteiger partial charge in [0.25, 0.3) is 0 Å². The highest BCUT2D eigenvalue weighted by atomic mass is 19.1. The van der Waals surface area contributed by atoms with Crippen molar-refractivity contribution in [3.63, 3.8) is 0 Å². The third-order valence-electron chi connectivity index (χ3n) is 2.72. The van der Waals surface area contributed by atoms with E-state index >= 15 is 0 Å². The van der Waals surface area contributed by atoms with Crippen LogP contribution in [-0.4, -0.2) is 23.6 Å². The van der Waals surface area contributed by atoms with Gasteiger partial charge in [0.2, 0.25) is 5.91 Å². The summed E-state index contributed by atoms with van der Waals surface area (Å²) in [5, 5.41) is 3.32. The fraction of sp³-hybridized carbons (Fsp3) is 0.333. The van der Waals surface area contributed by atoms with Crippen LogP contribution in [0, 0.1) is 12.7 Å². The Balaban J connectivity index is 2.28. The SMILES string of the molecule is Cc1cc(NC(=O)COC(C)C)c2cc(F)ccc2n1. The number of ether oxygens (including phenoxy) is 1. The number of pyridine rings is 1. The highest BCUT2D eigenvalue weighted by Gasteiger charge is 2.09. The molecule has 0 aliphatic rings. The smallest absolute Gasteiger partial charge is 0.250 e. The molecule has 0 saturated heterocycles. The van der Waals surface area contributed by atoms with E-state index in [9.17, 15) is 9.18 Å². The van der Waals surface area contributed by atoms with Gasteiger partial charge in [-0.1, -0.05) is 0 Å². The van der Waals surface area contributed by atoms with Crippen molar-refractivity contribution in [3.05, 3.63) is 35.8 Å². The lowest BCUT2D eigenvalue weighted by molar-refractivity contribution is -0.121. The van der Waals surface area contributed by atoms with Crippen LogP contribution in [0.25, 0.3) is 10.9 Å². The molecule has 1 amide bonds. The number of hydrogen-bond acceptors (Lipinski definition) is 3. The summed E-state index contributed by atoms with van der Waals surface area (Å²) in [6, 6.07) is 6.02. The van der Waals surface area contributed by atoms with Crippen LogP contribution in [0.3, 0.4) is 0 Å². The quantitative estimate of drug-likeness (QED) is 0.933. The molecular formula is C15H17FN2O2. The van der Waals surface area contributed by atoms with Gasteiger partial charge in [-0.25, -0.2) is 4.39 Å². The lowest BCUT2D eigenvalue weighted by Gasteiger charge is -2.11. The molecule has 0 radical (unpaired) electrons. The van der Waals surface area contributed by atoms with E-state index in [2.05, 4.69) is 10.3 Å². The number of carbonyl (C=O) groups excluding carboxylic acids is 1. The number of rotatable bonds is 4. The number of aryl methyl sites for hydroxylation is 1. The van der Waals surface area contributed by atoms with Gasteiger partial charge >= 0.3 is 0 Å². The predicted molar refractivity (Wildman–Crippen MR) is 76.2 cm³/mol. The first kappa shape index (κ1) is 14.4. The van der Waals surface area contributed by atoms with Crippen molar-refractivity contribution in [2.75, 3.05) is 11.9 Å². The van der Waals surface area contributed by atoms with Gasteiger partial charge in [0.05, 0.1) is 17.3 Å². The summed E-state index contributed by atoms with van der Waals surface area (Å²) in [6.07, 6.45) is -0.0193. The molecule has 0 atom stereocenters. The number of nitrogens with zero attached hydrogens (tertiary/aromatic N) is 1. The molecule has 106 valence electrons. The molecule has 1 aromatic carbocycles. The van der Waals surface area contributed by atoms with Crippen molar-refractivity contribution in [2.24, 2.45) is 0 Å². The summed E-state index contributed by atoms with van der Waals surface area (Å²) in [6.45, 7) is 5.50. The molecule has 4 nitrogen and oxygen atoms in total. The average molecular weight is 276 g/mol. The third-order valence-corrected chi connectivity index (χ3v) is 2.72. The van der Waals surface area contributed by atoms with E-state index in [4.69, 9.17) is 4.74 Å². The Morgan fingerprint density at radius 2 is 2.15 bits per heavy atom. The van der Waals surface area contributed by atoms with Gasteiger partial charge in [-0.3, -0.25) is 9.78 Å². The topological polar surface area (TPSA) is 51.2 Å². The van der Waals surface area contributed by atoms with Gasteiger partial charge < -0.3 is 10.1 Å². The second-order valence-electron chi connectivity index (χ2n) is 4.88. The van der Waals surface area contributed by atoms with Crippen LogP contribution in [0.15, 0.2) is 24.3 Å². The zero-order valence-electron chi connectivity index (χ0n) is 11.7. The first-order valence-corrected chi connectivity index (χ1v) is 6.44. The fourth-order valence-corrected chi connectivity index (χ4v) is 1.86. The molecule has 0 saturated carbocycles. The Morgan fingerprint density at radius 3 is 2.85 bits per heavy atom. The molecule has 0 aliphatic carbocycles. The number of benzene rings is 1. The van der Waals surface area contributed by atoms with Crippen LogP contribution >= 0.6 is 0 Å². The molecular weight excluding hydrogens is 259 g/mol. The molecule has 5 heteroatoms. The van der Waals surface area contributed by atoms with Crippen molar-refractivity contribution in [2.45, 2.75) is 26.9 Å².